The normalized spacial score (nSPS) is 11.6. The number of nitrogens with one attached hydrogen (secondary N) is 1. The molecule has 1 heterocycles. The Morgan fingerprint density at radius 1 is 1.03 bits per heavy atom. The number of carbonyl (C=O) groups excluding carboxylic acids is 1. The minimum atomic E-state index is -3.66. The summed E-state index contributed by atoms with van der Waals surface area (Å²) in [5.74, 6) is -0.0755. The fourth-order valence-corrected chi connectivity index (χ4v) is 5.72. The Morgan fingerprint density at radius 2 is 1.77 bits per heavy atom. The molecule has 0 bridgehead atoms. The van der Waals surface area contributed by atoms with Crippen LogP contribution in [0, 0.1) is 6.92 Å². The molecule has 5 nitrogen and oxygen atoms in total. The van der Waals surface area contributed by atoms with Crippen LogP contribution in [-0.2, 0) is 10.0 Å². The lowest BCUT2D eigenvalue weighted by Gasteiger charge is -2.23. The second kappa shape index (κ2) is 9.62. The second-order valence-electron chi connectivity index (χ2n) is 7.28. The van der Waals surface area contributed by atoms with Gasteiger partial charge in [-0.1, -0.05) is 37.5 Å². The van der Waals surface area contributed by atoms with E-state index in [4.69, 9.17) is 0 Å². The third kappa shape index (κ3) is 4.84. The maximum absolute atomic E-state index is 13.2. The van der Waals surface area contributed by atoms with Crippen molar-refractivity contribution in [3.05, 3.63) is 59.0 Å². The average molecular weight is 445 g/mol. The van der Waals surface area contributed by atoms with Gasteiger partial charge in [-0.15, -0.1) is 11.3 Å². The van der Waals surface area contributed by atoms with Crippen molar-refractivity contribution in [1.82, 2.24) is 5.32 Å². The van der Waals surface area contributed by atoms with Crippen molar-refractivity contribution < 1.29 is 13.2 Å². The van der Waals surface area contributed by atoms with Crippen molar-refractivity contribution in [3.63, 3.8) is 0 Å². The van der Waals surface area contributed by atoms with Crippen molar-refractivity contribution in [2.45, 2.75) is 44.9 Å². The van der Waals surface area contributed by atoms with Gasteiger partial charge in [0.2, 0.25) is 0 Å². The van der Waals surface area contributed by atoms with Gasteiger partial charge in [0.05, 0.1) is 15.5 Å². The quantitative estimate of drug-likeness (QED) is 0.453. The first-order valence-electron chi connectivity index (χ1n) is 10.3. The molecular formula is C23H28N2O3S2. The molecule has 0 spiro atoms. The largest absolute Gasteiger partial charge is 0.351 e. The van der Waals surface area contributed by atoms with Crippen LogP contribution in [0.4, 0.5) is 5.69 Å². The molecule has 3 rings (SSSR count). The maximum atomic E-state index is 13.2. The Balaban J connectivity index is 1.86. The summed E-state index contributed by atoms with van der Waals surface area (Å²) in [5.41, 5.74) is 1.61. The van der Waals surface area contributed by atoms with Gasteiger partial charge in [-0.05, 0) is 62.1 Å². The van der Waals surface area contributed by atoms with Crippen LogP contribution >= 0.6 is 11.3 Å². The van der Waals surface area contributed by atoms with Gasteiger partial charge in [0, 0.05) is 17.8 Å². The fourth-order valence-electron chi connectivity index (χ4n) is 3.29. The van der Waals surface area contributed by atoms with E-state index in [1.54, 1.807) is 30.3 Å². The summed E-state index contributed by atoms with van der Waals surface area (Å²) in [5, 5.41) is 3.83. The molecule has 1 aromatic heterocycles. The number of fused-ring (bicyclic) bond motifs is 1. The standard InChI is InChI=1S/C23H28N2O3S2/c1-4-6-7-14-24-23(26)22-16-18-15-19(10-13-21(18)29-22)25(5-2)30(27,28)20-11-8-17(3)9-12-20/h8-13,15-16H,4-7,14H2,1-3H3,(H,24,26). The third-order valence-electron chi connectivity index (χ3n) is 4.97. The van der Waals surface area contributed by atoms with Crippen molar-refractivity contribution in [1.29, 1.82) is 0 Å². The van der Waals surface area contributed by atoms with Gasteiger partial charge in [-0.3, -0.25) is 9.10 Å². The molecule has 3 aromatic rings. The molecule has 1 N–H and O–H groups in total. The highest BCUT2D eigenvalue weighted by Gasteiger charge is 2.24. The zero-order chi connectivity index (χ0) is 21.7. The molecule has 1 amide bonds. The maximum Gasteiger partial charge on any atom is 0.264 e. The number of aryl methyl sites for hydroxylation is 1. The first kappa shape index (κ1) is 22.3. The highest BCUT2D eigenvalue weighted by molar-refractivity contribution is 7.92. The Kier molecular flexibility index (Phi) is 7.15. The zero-order valence-corrected chi connectivity index (χ0v) is 19.3. The lowest BCUT2D eigenvalue weighted by molar-refractivity contribution is 0.0957. The van der Waals surface area contributed by atoms with E-state index in [0.29, 0.717) is 23.7 Å². The first-order valence-corrected chi connectivity index (χ1v) is 12.5. The summed E-state index contributed by atoms with van der Waals surface area (Å²) in [7, 11) is -3.66. The van der Waals surface area contributed by atoms with Crippen molar-refractivity contribution in [2.75, 3.05) is 17.4 Å². The van der Waals surface area contributed by atoms with E-state index in [-0.39, 0.29) is 10.8 Å². The number of benzene rings is 2. The Labute approximate surface area is 182 Å². The van der Waals surface area contributed by atoms with Crippen molar-refractivity contribution >= 4 is 43.0 Å². The topological polar surface area (TPSA) is 66.5 Å². The van der Waals surface area contributed by atoms with E-state index in [9.17, 15) is 13.2 Å². The second-order valence-corrected chi connectivity index (χ2v) is 10.2. The number of nitrogens with zero attached hydrogens (tertiary/aromatic N) is 1. The predicted molar refractivity (Wildman–Crippen MR) is 125 cm³/mol. The Hall–Kier alpha value is -2.38. The van der Waals surface area contributed by atoms with Crippen LogP contribution in [0.1, 0.15) is 48.3 Å². The molecule has 0 aliphatic rings. The zero-order valence-electron chi connectivity index (χ0n) is 17.6. The number of carbonyl (C=O) groups is 1. The van der Waals surface area contributed by atoms with Gasteiger partial charge in [-0.25, -0.2) is 8.42 Å². The number of thiophene rings is 1. The van der Waals surface area contributed by atoms with Gasteiger partial charge in [0.15, 0.2) is 0 Å². The molecule has 30 heavy (non-hydrogen) atoms. The predicted octanol–water partition coefficient (Wildman–Crippen LogP) is 5.34. The summed E-state index contributed by atoms with van der Waals surface area (Å²) in [4.78, 5) is 13.3. The molecule has 0 saturated carbocycles. The van der Waals surface area contributed by atoms with Crippen molar-refractivity contribution in [3.8, 4) is 0 Å². The minimum Gasteiger partial charge on any atom is -0.351 e. The number of rotatable bonds is 9. The van der Waals surface area contributed by atoms with Gasteiger partial charge in [0.25, 0.3) is 15.9 Å². The van der Waals surface area contributed by atoms with Gasteiger partial charge in [0.1, 0.15) is 0 Å². The van der Waals surface area contributed by atoms with E-state index < -0.39 is 10.0 Å². The fraction of sp³-hybridized carbons (Fsp3) is 0.348. The smallest absolute Gasteiger partial charge is 0.264 e. The van der Waals surface area contributed by atoms with E-state index >= 15 is 0 Å². The van der Waals surface area contributed by atoms with Crippen LogP contribution in [0.5, 0.6) is 0 Å². The van der Waals surface area contributed by atoms with Crippen LogP contribution in [0.15, 0.2) is 53.4 Å². The van der Waals surface area contributed by atoms with Gasteiger partial charge in [-0.2, -0.15) is 0 Å². The Bertz CT molecular complexity index is 1120. The summed E-state index contributed by atoms with van der Waals surface area (Å²) < 4.78 is 28.7. The monoisotopic (exact) mass is 444 g/mol. The number of hydrogen-bond donors (Lipinski definition) is 1. The summed E-state index contributed by atoms with van der Waals surface area (Å²) >= 11 is 1.42. The van der Waals surface area contributed by atoms with Crippen LogP contribution in [0.2, 0.25) is 0 Å². The molecule has 160 valence electrons. The first-order chi connectivity index (χ1) is 14.4. The van der Waals surface area contributed by atoms with E-state index in [1.165, 1.54) is 15.6 Å². The molecule has 0 unspecified atom stereocenters. The molecular weight excluding hydrogens is 416 g/mol. The van der Waals surface area contributed by atoms with Crippen LogP contribution < -0.4 is 9.62 Å². The number of anilines is 1. The number of sulfonamides is 1. The molecule has 0 aliphatic heterocycles. The molecule has 7 heteroatoms. The van der Waals surface area contributed by atoms with Crippen molar-refractivity contribution in [2.24, 2.45) is 0 Å². The lowest BCUT2D eigenvalue weighted by Crippen LogP contribution is -2.30. The molecule has 0 fully saturated rings. The van der Waals surface area contributed by atoms with Crippen LogP contribution in [0.3, 0.4) is 0 Å². The summed E-state index contributed by atoms with van der Waals surface area (Å²) in [6.07, 6.45) is 3.18. The van der Waals surface area contributed by atoms with Gasteiger partial charge >= 0.3 is 0 Å². The lowest BCUT2D eigenvalue weighted by atomic mass is 10.2. The molecule has 0 saturated heterocycles. The average Bonchev–Trinajstić information content (AvgIpc) is 3.15. The summed E-state index contributed by atoms with van der Waals surface area (Å²) in [6.45, 7) is 6.86. The molecule has 0 atom stereocenters. The van der Waals surface area contributed by atoms with E-state index in [1.807, 2.05) is 32.0 Å². The molecule has 2 aromatic carbocycles. The number of hydrogen-bond acceptors (Lipinski definition) is 4. The summed E-state index contributed by atoms with van der Waals surface area (Å²) in [6, 6.07) is 14.2. The van der Waals surface area contributed by atoms with E-state index in [2.05, 4.69) is 12.2 Å². The minimum absolute atomic E-state index is 0.0755. The SMILES string of the molecule is CCCCCNC(=O)c1cc2cc(N(CC)S(=O)(=O)c3ccc(C)cc3)ccc2s1. The number of amides is 1. The molecule has 0 aliphatic carbocycles. The van der Waals surface area contributed by atoms with Gasteiger partial charge < -0.3 is 5.32 Å². The highest BCUT2D eigenvalue weighted by Crippen LogP contribution is 2.31. The third-order valence-corrected chi connectivity index (χ3v) is 8.01. The Morgan fingerprint density at radius 3 is 2.43 bits per heavy atom. The van der Waals surface area contributed by atoms with Crippen LogP contribution in [0.25, 0.3) is 10.1 Å². The van der Waals surface area contributed by atoms with Crippen LogP contribution in [-0.4, -0.2) is 27.4 Å². The van der Waals surface area contributed by atoms with E-state index in [0.717, 1.165) is 34.9 Å². The highest BCUT2D eigenvalue weighted by atomic mass is 32.2. The number of unbranched alkanes of at least 4 members (excludes halogenated alkanes) is 2. The molecule has 0 radical (unpaired) electrons.